The van der Waals surface area contributed by atoms with E-state index in [1.165, 1.54) is 30.7 Å². The average Bonchev–Trinajstić information content (AvgIpc) is 3.00. The summed E-state index contributed by atoms with van der Waals surface area (Å²) in [5, 5.41) is 0. The molecule has 0 bridgehead atoms. The van der Waals surface area contributed by atoms with E-state index in [0.29, 0.717) is 24.7 Å². The lowest BCUT2D eigenvalue weighted by Crippen LogP contribution is -2.42. The van der Waals surface area contributed by atoms with E-state index >= 15 is 0 Å². The fourth-order valence-corrected chi connectivity index (χ4v) is 3.61. The van der Waals surface area contributed by atoms with Gasteiger partial charge in [0.25, 0.3) is 5.91 Å². The molecule has 2 heterocycles. The molecule has 2 amide bonds. The second kappa shape index (κ2) is 9.98. The monoisotopic (exact) mass is 435 g/mol. The fraction of sp³-hybridized carbons (Fsp3) is 0.333. The van der Waals surface area contributed by atoms with Crippen LogP contribution in [0.25, 0.3) is 0 Å². The van der Waals surface area contributed by atoms with Gasteiger partial charge < -0.3 is 9.47 Å². The third kappa shape index (κ3) is 5.87. The smallest absolute Gasteiger partial charge is 0.289 e. The number of benzene rings is 1. The fourth-order valence-electron chi connectivity index (χ4n) is 2.52. The molecule has 160 valence electrons. The van der Waals surface area contributed by atoms with Gasteiger partial charge in [-0.1, -0.05) is 0 Å². The Kier molecular flexibility index (Phi) is 7.14. The second-order valence-electron chi connectivity index (χ2n) is 6.25. The number of nitrogens with one attached hydrogen (secondary N) is 3. The van der Waals surface area contributed by atoms with Crippen LogP contribution < -0.4 is 25.0 Å². The summed E-state index contributed by atoms with van der Waals surface area (Å²) in [5.74, 6) is -0.186. The maximum absolute atomic E-state index is 12.4. The number of aromatic nitrogens is 2. The van der Waals surface area contributed by atoms with Crippen LogP contribution in [0.2, 0.25) is 0 Å². The van der Waals surface area contributed by atoms with Crippen molar-refractivity contribution in [1.29, 1.82) is 0 Å². The Bertz CT molecular complexity index is 999. The minimum absolute atomic E-state index is 0.00437. The Morgan fingerprint density at radius 2 is 1.87 bits per heavy atom. The first-order chi connectivity index (χ1) is 14.5. The Hall–Kier alpha value is -3.25. The topological polar surface area (TPSA) is 149 Å². The lowest BCUT2D eigenvalue weighted by Gasteiger charge is -2.11. The molecule has 11 nitrogen and oxygen atoms in total. The predicted molar refractivity (Wildman–Crippen MR) is 104 cm³/mol. The molecule has 12 heteroatoms. The molecule has 1 aliphatic rings. The van der Waals surface area contributed by atoms with Crippen molar-refractivity contribution in [2.24, 2.45) is 0 Å². The van der Waals surface area contributed by atoms with Gasteiger partial charge >= 0.3 is 0 Å². The molecule has 0 atom stereocenters. The number of hydrogen-bond acceptors (Lipinski definition) is 8. The van der Waals surface area contributed by atoms with Crippen molar-refractivity contribution in [2.45, 2.75) is 24.2 Å². The first-order valence-electron chi connectivity index (χ1n) is 9.20. The quantitative estimate of drug-likeness (QED) is 0.411. The minimum Gasteiger partial charge on any atom is -0.490 e. The maximum atomic E-state index is 12.4. The number of nitrogens with zero attached hydrogens (tertiary/aromatic N) is 2. The van der Waals surface area contributed by atoms with Crippen molar-refractivity contribution in [1.82, 2.24) is 25.5 Å². The molecule has 0 saturated carbocycles. The van der Waals surface area contributed by atoms with Crippen LogP contribution in [0, 0.1) is 0 Å². The SMILES string of the molecule is O=C(CCCNS(=O)(=O)c1ccc2c(c1)OCCCO2)NNC(=O)c1cnccn1. The van der Waals surface area contributed by atoms with Gasteiger partial charge in [-0.15, -0.1) is 0 Å². The summed E-state index contributed by atoms with van der Waals surface area (Å²) in [6, 6.07) is 4.41. The highest BCUT2D eigenvalue weighted by Crippen LogP contribution is 2.31. The number of sulfonamides is 1. The third-order valence-corrected chi connectivity index (χ3v) is 5.47. The van der Waals surface area contributed by atoms with Gasteiger partial charge in [-0.3, -0.25) is 25.4 Å². The van der Waals surface area contributed by atoms with Gasteiger partial charge in [0, 0.05) is 37.8 Å². The molecule has 1 aliphatic heterocycles. The number of amides is 2. The summed E-state index contributed by atoms with van der Waals surface area (Å²) < 4.78 is 38.3. The van der Waals surface area contributed by atoms with Crippen LogP contribution in [0.1, 0.15) is 29.8 Å². The van der Waals surface area contributed by atoms with Crippen LogP contribution in [-0.4, -0.2) is 50.0 Å². The number of hydrazine groups is 1. The molecule has 0 saturated heterocycles. The van der Waals surface area contributed by atoms with E-state index in [-0.39, 0.29) is 30.0 Å². The van der Waals surface area contributed by atoms with E-state index in [9.17, 15) is 18.0 Å². The van der Waals surface area contributed by atoms with Gasteiger partial charge in [0.2, 0.25) is 15.9 Å². The summed E-state index contributed by atoms with van der Waals surface area (Å²) in [5.41, 5.74) is 4.50. The molecule has 3 rings (SSSR count). The zero-order valence-corrected chi connectivity index (χ0v) is 16.8. The van der Waals surface area contributed by atoms with E-state index < -0.39 is 21.8 Å². The number of fused-ring (bicyclic) bond motifs is 1. The standard InChI is InChI=1S/C18H21N5O6S/c24-17(22-23-18(25)14-12-19-7-8-20-14)3-1-6-21-30(26,27)13-4-5-15-16(11-13)29-10-2-9-28-15/h4-5,7-8,11-12,21H,1-3,6,9-10H2,(H,22,24)(H,23,25). The molecular formula is C18H21N5O6S. The average molecular weight is 435 g/mol. The molecule has 0 unspecified atom stereocenters. The molecule has 3 N–H and O–H groups in total. The number of hydrogen-bond donors (Lipinski definition) is 3. The molecule has 1 aromatic heterocycles. The van der Waals surface area contributed by atoms with E-state index in [4.69, 9.17) is 9.47 Å². The Morgan fingerprint density at radius 1 is 1.07 bits per heavy atom. The number of rotatable bonds is 7. The summed E-state index contributed by atoms with van der Waals surface area (Å²) in [6.45, 7) is 1.01. The number of carbonyl (C=O) groups excluding carboxylic acids is 2. The van der Waals surface area contributed by atoms with E-state index in [1.54, 1.807) is 6.07 Å². The zero-order valence-electron chi connectivity index (χ0n) is 16.0. The molecule has 1 aromatic carbocycles. The second-order valence-corrected chi connectivity index (χ2v) is 8.02. The van der Waals surface area contributed by atoms with Gasteiger partial charge in [0.1, 0.15) is 5.69 Å². The molecular weight excluding hydrogens is 414 g/mol. The first-order valence-corrected chi connectivity index (χ1v) is 10.7. The molecule has 0 fully saturated rings. The number of ether oxygens (including phenoxy) is 2. The van der Waals surface area contributed by atoms with Crippen LogP contribution in [0.3, 0.4) is 0 Å². The van der Waals surface area contributed by atoms with Crippen molar-refractivity contribution >= 4 is 21.8 Å². The van der Waals surface area contributed by atoms with Gasteiger partial charge in [0.15, 0.2) is 11.5 Å². The van der Waals surface area contributed by atoms with Crippen LogP contribution in [0.4, 0.5) is 0 Å². The summed E-state index contributed by atoms with van der Waals surface area (Å²) in [7, 11) is -3.77. The molecule has 0 aliphatic carbocycles. The molecule has 30 heavy (non-hydrogen) atoms. The van der Waals surface area contributed by atoms with Crippen molar-refractivity contribution in [2.75, 3.05) is 19.8 Å². The first kappa shape index (κ1) is 21.5. The van der Waals surface area contributed by atoms with Crippen LogP contribution in [0.15, 0.2) is 41.7 Å². The highest BCUT2D eigenvalue weighted by atomic mass is 32.2. The lowest BCUT2D eigenvalue weighted by molar-refractivity contribution is -0.121. The van der Waals surface area contributed by atoms with Crippen LogP contribution in [0.5, 0.6) is 11.5 Å². The Labute approximate surface area is 173 Å². The van der Waals surface area contributed by atoms with Crippen molar-refractivity contribution < 1.29 is 27.5 Å². The van der Waals surface area contributed by atoms with Gasteiger partial charge in [-0.2, -0.15) is 0 Å². The lowest BCUT2D eigenvalue weighted by atomic mass is 10.3. The summed E-state index contributed by atoms with van der Waals surface area (Å²) >= 11 is 0. The highest BCUT2D eigenvalue weighted by Gasteiger charge is 2.18. The van der Waals surface area contributed by atoms with Gasteiger partial charge in [-0.25, -0.2) is 18.1 Å². The Morgan fingerprint density at radius 3 is 2.63 bits per heavy atom. The number of carbonyl (C=O) groups is 2. The maximum Gasteiger partial charge on any atom is 0.289 e. The summed E-state index contributed by atoms with van der Waals surface area (Å²) in [6.07, 6.45) is 4.99. The molecule has 0 radical (unpaired) electrons. The van der Waals surface area contributed by atoms with Gasteiger partial charge in [-0.05, 0) is 18.6 Å². The minimum atomic E-state index is -3.77. The molecule has 2 aromatic rings. The van der Waals surface area contributed by atoms with Crippen molar-refractivity contribution in [3.63, 3.8) is 0 Å². The van der Waals surface area contributed by atoms with E-state index in [1.807, 2.05) is 0 Å². The van der Waals surface area contributed by atoms with Crippen molar-refractivity contribution in [3.05, 3.63) is 42.5 Å². The van der Waals surface area contributed by atoms with Gasteiger partial charge in [0.05, 0.1) is 24.3 Å². The third-order valence-electron chi connectivity index (χ3n) is 4.01. The normalized spacial score (nSPS) is 13.2. The summed E-state index contributed by atoms with van der Waals surface area (Å²) in [4.78, 5) is 31.2. The molecule has 0 spiro atoms. The highest BCUT2D eigenvalue weighted by molar-refractivity contribution is 7.89. The van der Waals surface area contributed by atoms with Crippen LogP contribution >= 0.6 is 0 Å². The van der Waals surface area contributed by atoms with Crippen molar-refractivity contribution in [3.8, 4) is 11.5 Å². The Balaban J connectivity index is 1.42. The zero-order chi connectivity index (χ0) is 21.4. The van der Waals surface area contributed by atoms with E-state index in [0.717, 1.165) is 6.42 Å². The predicted octanol–water partition coefficient (Wildman–Crippen LogP) is 0.158. The largest absolute Gasteiger partial charge is 0.490 e. The van der Waals surface area contributed by atoms with E-state index in [2.05, 4.69) is 25.5 Å². The van der Waals surface area contributed by atoms with Crippen LogP contribution in [-0.2, 0) is 14.8 Å².